The van der Waals surface area contributed by atoms with Crippen molar-refractivity contribution in [2.75, 3.05) is 6.54 Å². The first-order valence-corrected chi connectivity index (χ1v) is 7.05. The molecular formula is C12H12BrFN2OS. The fourth-order valence-electron chi connectivity index (χ4n) is 1.51. The summed E-state index contributed by atoms with van der Waals surface area (Å²) < 4.78 is 14.5. The zero-order valence-electron chi connectivity index (χ0n) is 9.44. The van der Waals surface area contributed by atoms with Crippen LogP contribution in [0.5, 0.6) is 0 Å². The minimum absolute atomic E-state index is 0.195. The van der Waals surface area contributed by atoms with Crippen molar-refractivity contribution in [1.29, 1.82) is 0 Å². The van der Waals surface area contributed by atoms with E-state index < -0.39 is 6.10 Å². The molecule has 3 N–H and O–H groups in total. The number of nitrogens with zero attached hydrogens (tertiary/aromatic N) is 1. The lowest BCUT2D eigenvalue weighted by Crippen LogP contribution is -2.21. The van der Waals surface area contributed by atoms with Crippen LogP contribution in [0.1, 0.15) is 5.01 Å². The maximum absolute atomic E-state index is 13.7. The van der Waals surface area contributed by atoms with Gasteiger partial charge in [-0.1, -0.05) is 15.9 Å². The summed E-state index contributed by atoms with van der Waals surface area (Å²) in [5, 5.41) is 12.0. The zero-order valence-corrected chi connectivity index (χ0v) is 11.8. The molecule has 0 amide bonds. The predicted molar refractivity (Wildman–Crippen MR) is 74.0 cm³/mol. The Bertz CT molecular complexity index is 547. The molecule has 0 bridgehead atoms. The molecule has 2 aromatic rings. The Morgan fingerprint density at radius 3 is 3.00 bits per heavy atom. The van der Waals surface area contributed by atoms with E-state index in [-0.39, 0.29) is 12.4 Å². The number of thiazole rings is 1. The van der Waals surface area contributed by atoms with Gasteiger partial charge in [-0.2, -0.15) is 0 Å². The molecule has 0 fully saturated rings. The van der Waals surface area contributed by atoms with Gasteiger partial charge in [-0.05, 0) is 18.2 Å². The Balaban J connectivity index is 2.26. The van der Waals surface area contributed by atoms with Gasteiger partial charge in [-0.25, -0.2) is 9.37 Å². The second-order valence-corrected chi connectivity index (χ2v) is 5.70. The summed E-state index contributed by atoms with van der Waals surface area (Å²) in [5.74, 6) is -0.311. The summed E-state index contributed by atoms with van der Waals surface area (Å²) in [5.41, 5.74) is 6.38. The van der Waals surface area contributed by atoms with Gasteiger partial charge in [0.25, 0.3) is 0 Å². The van der Waals surface area contributed by atoms with Gasteiger partial charge >= 0.3 is 0 Å². The number of rotatable bonds is 4. The fourth-order valence-corrected chi connectivity index (χ4v) is 2.74. The number of aliphatic hydroxyl groups is 1. The lowest BCUT2D eigenvalue weighted by Gasteiger charge is -2.03. The van der Waals surface area contributed by atoms with E-state index in [1.165, 1.54) is 17.4 Å². The van der Waals surface area contributed by atoms with Crippen LogP contribution in [0.25, 0.3) is 11.3 Å². The van der Waals surface area contributed by atoms with Crippen molar-refractivity contribution in [2.45, 2.75) is 12.5 Å². The molecule has 1 heterocycles. The normalized spacial score (nSPS) is 12.7. The topological polar surface area (TPSA) is 59.1 Å². The lowest BCUT2D eigenvalue weighted by atomic mass is 10.1. The molecule has 0 spiro atoms. The van der Waals surface area contributed by atoms with Crippen molar-refractivity contribution >= 4 is 27.3 Å². The molecular weight excluding hydrogens is 319 g/mol. The van der Waals surface area contributed by atoms with Crippen LogP contribution >= 0.6 is 27.3 Å². The van der Waals surface area contributed by atoms with Crippen molar-refractivity contribution in [3.63, 3.8) is 0 Å². The maximum atomic E-state index is 13.7. The van der Waals surface area contributed by atoms with Crippen LogP contribution in [0.4, 0.5) is 4.39 Å². The van der Waals surface area contributed by atoms with Crippen LogP contribution < -0.4 is 5.73 Å². The van der Waals surface area contributed by atoms with E-state index in [1.807, 2.05) is 0 Å². The lowest BCUT2D eigenvalue weighted by molar-refractivity contribution is 0.183. The summed E-state index contributed by atoms with van der Waals surface area (Å²) in [6.07, 6.45) is -0.201. The molecule has 1 atom stereocenters. The first-order chi connectivity index (χ1) is 8.60. The van der Waals surface area contributed by atoms with E-state index in [1.54, 1.807) is 17.5 Å². The van der Waals surface area contributed by atoms with Gasteiger partial charge in [0.1, 0.15) is 5.82 Å². The largest absolute Gasteiger partial charge is 0.391 e. The highest BCUT2D eigenvalue weighted by Gasteiger charge is 2.12. The Hall–Kier alpha value is -0.820. The number of halogens is 2. The summed E-state index contributed by atoms with van der Waals surface area (Å²) in [7, 11) is 0. The second kappa shape index (κ2) is 5.88. The van der Waals surface area contributed by atoms with Crippen LogP contribution in [0, 0.1) is 5.82 Å². The molecule has 2 rings (SSSR count). The third-order valence-corrected chi connectivity index (χ3v) is 3.80. The standard InChI is InChI=1S/C12H12BrFN2OS/c13-7-1-2-10(14)9(3-7)11-6-18-12(16-11)4-8(17)5-15/h1-3,6,8,17H,4-5,15H2. The van der Waals surface area contributed by atoms with Crippen LogP contribution in [-0.2, 0) is 6.42 Å². The highest BCUT2D eigenvalue weighted by molar-refractivity contribution is 9.10. The molecule has 18 heavy (non-hydrogen) atoms. The average Bonchev–Trinajstić information content (AvgIpc) is 2.80. The quantitative estimate of drug-likeness (QED) is 0.905. The van der Waals surface area contributed by atoms with Gasteiger partial charge in [0.2, 0.25) is 0 Å². The Labute approximate surface area is 117 Å². The Morgan fingerprint density at radius 2 is 2.28 bits per heavy atom. The minimum atomic E-state index is -0.601. The van der Waals surface area contributed by atoms with Gasteiger partial charge in [0, 0.05) is 28.4 Å². The van der Waals surface area contributed by atoms with Crippen molar-refractivity contribution in [3.8, 4) is 11.3 Å². The molecule has 0 saturated carbocycles. The van der Waals surface area contributed by atoms with Crippen molar-refractivity contribution in [2.24, 2.45) is 5.73 Å². The van der Waals surface area contributed by atoms with Crippen LogP contribution in [0.2, 0.25) is 0 Å². The van der Waals surface area contributed by atoms with Gasteiger partial charge < -0.3 is 10.8 Å². The summed E-state index contributed by atoms with van der Waals surface area (Å²) in [4.78, 5) is 4.31. The fraction of sp³-hybridized carbons (Fsp3) is 0.250. The first kappa shape index (κ1) is 13.6. The van der Waals surface area contributed by atoms with E-state index in [0.717, 1.165) is 9.48 Å². The number of hydrogen-bond donors (Lipinski definition) is 2. The monoisotopic (exact) mass is 330 g/mol. The van der Waals surface area contributed by atoms with E-state index in [0.29, 0.717) is 17.7 Å². The highest BCUT2D eigenvalue weighted by Crippen LogP contribution is 2.27. The average molecular weight is 331 g/mol. The molecule has 1 unspecified atom stereocenters. The SMILES string of the molecule is NCC(O)Cc1nc(-c2cc(Br)ccc2F)cs1. The third kappa shape index (κ3) is 3.14. The van der Waals surface area contributed by atoms with Gasteiger partial charge in [0.05, 0.1) is 16.8 Å². The predicted octanol–water partition coefficient (Wildman–Crippen LogP) is 2.57. The zero-order chi connectivity index (χ0) is 13.1. The smallest absolute Gasteiger partial charge is 0.132 e. The van der Waals surface area contributed by atoms with Crippen LogP contribution in [0.3, 0.4) is 0 Å². The summed E-state index contributed by atoms with van der Waals surface area (Å²) in [6.45, 7) is 0.195. The summed E-state index contributed by atoms with van der Waals surface area (Å²) >= 11 is 4.70. The summed E-state index contributed by atoms with van der Waals surface area (Å²) in [6, 6.07) is 4.73. The maximum Gasteiger partial charge on any atom is 0.132 e. The highest BCUT2D eigenvalue weighted by atomic mass is 79.9. The van der Waals surface area contributed by atoms with E-state index in [2.05, 4.69) is 20.9 Å². The first-order valence-electron chi connectivity index (χ1n) is 5.38. The number of benzene rings is 1. The molecule has 1 aromatic carbocycles. The van der Waals surface area contributed by atoms with E-state index >= 15 is 0 Å². The Morgan fingerprint density at radius 1 is 1.50 bits per heavy atom. The molecule has 1 aromatic heterocycles. The van der Waals surface area contributed by atoms with E-state index in [4.69, 9.17) is 5.73 Å². The van der Waals surface area contributed by atoms with Gasteiger partial charge in [0.15, 0.2) is 0 Å². The number of aliphatic hydroxyl groups excluding tert-OH is 1. The van der Waals surface area contributed by atoms with Crippen LogP contribution in [-0.4, -0.2) is 22.7 Å². The van der Waals surface area contributed by atoms with Crippen molar-refractivity contribution < 1.29 is 9.50 Å². The van der Waals surface area contributed by atoms with Crippen molar-refractivity contribution in [1.82, 2.24) is 4.98 Å². The molecule has 0 radical (unpaired) electrons. The van der Waals surface area contributed by atoms with Gasteiger partial charge in [-0.3, -0.25) is 0 Å². The second-order valence-electron chi connectivity index (χ2n) is 3.84. The molecule has 96 valence electrons. The number of hydrogen-bond acceptors (Lipinski definition) is 4. The Kier molecular flexibility index (Phi) is 4.45. The minimum Gasteiger partial charge on any atom is -0.391 e. The molecule has 0 aliphatic rings. The molecule has 0 aliphatic carbocycles. The molecule has 0 aliphatic heterocycles. The van der Waals surface area contributed by atoms with Gasteiger partial charge in [-0.15, -0.1) is 11.3 Å². The third-order valence-electron chi connectivity index (χ3n) is 2.44. The molecule has 0 saturated heterocycles. The van der Waals surface area contributed by atoms with E-state index in [9.17, 15) is 9.50 Å². The molecule has 3 nitrogen and oxygen atoms in total. The number of aromatic nitrogens is 1. The van der Waals surface area contributed by atoms with Crippen molar-refractivity contribution in [3.05, 3.63) is 38.9 Å². The molecule has 6 heteroatoms. The number of nitrogens with two attached hydrogens (primary N) is 1. The van der Waals surface area contributed by atoms with Crippen LogP contribution in [0.15, 0.2) is 28.1 Å².